The summed E-state index contributed by atoms with van der Waals surface area (Å²) in [6.07, 6.45) is 4.26. The number of carbonyl (C=O) groups excluding carboxylic acids is 1. The van der Waals surface area contributed by atoms with E-state index < -0.39 is 0 Å². The molecule has 2 aromatic rings. The van der Waals surface area contributed by atoms with Crippen LogP contribution in [0.2, 0.25) is 0 Å². The number of piperidine rings is 1. The molecule has 1 N–H and O–H groups in total. The number of pyridine rings is 1. The van der Waals surface area contributed by atoms with Gasteiger partial charge in [0, 0.05) is 44.7 Å². The Morgan fingerprint density at radius 2 is 2.00 bits per heavy atom. The van der Waals surface area contributed by atoms with Crippen LogP contribution in [0.15, 0.2) is 54.9 Å². The monoisotopic (exact) mass is 355 g/mol. The largest absolute Gasteiger partial charge is 0.492 e. The fraction of sp³-hybridized carbons (Fsp3) is 0.400. The highest BCUT2D eigenvalue weighted by Crippen LogP contribution is 2.15. The molecular weight excluding hydrogens is 330 g/mol. The van der Waals surface area contributed by atoms with Gasteiger partial charge in [0.15, 0.2) is 0 Å². The highest BCUT2D eigenvalue weighted by Gasteiger charge is 2.30. The second-order valence-corrected chi connectivity index (χ2v) is 6.34. The van der Waals surface area contributed by atoms with E-state index in [1.54, 1.807) is 19.5 Å². The number of nitrogens with zero attached hydrogens (tertiary/aromatic N) is 2. The van der Waals surface area contributed by atoms with Crippen molar-refractivity contribution in [3.8, 4) is 5.75 Å². The van der Waals surface area contributed by atoms with Crippen LogP contribution in [0.5, 0.6) is 5.75 Å². The minimum Gasteiger partial charge on any atom is -0.492 e. The predicted molar refractivity (Wildman–Crippen MR) is 99.3 cm³/mol. The molecule has 1 fully saturated rings. The zero-order valence-corrected chi connectivity index (χ0v) is 15.0. The van der Waals surface area contributed by atoms with Gasteiger partial charge in [-0.3, -0.25) is 14.7 Å². The fourth-order valence-electron chi connectivity index (χ4n) is 3.16. The summed E-state index contributed by atoms with van der Waals surface area (Å²) in [4.78, 5) is 18.7. The summed E-state index contributed by atoms with van der Waals surface area (Å²) in [6.45, 7) is 3.11. The number of methoxy groups -OCH3 is 1. The number of likely N-dealkylation sites (tertiary alicyclic amines) is 1. The molecule has 1 aromatic heterocycles. The Labute approximate surface area is 154 Å². The molecule has 138 valence electrons. The lowest BCUT2D eigenvalue weighted by Crippen LogP contribution is -2.55. The van der Waals surface area contributed by atoms with E-state index in [1.807, 2.05) is 42.5 Å². The van der Waals surface area contributed by atoms with Crippen LogP contribution in [0, 0.1) is 0 Å². The summed E-state index contributed by atoms with van der Waals surface area (Å²) in [6, 6.07) is 13.0. The molecule has 26 heavy (non-hydrogen) atoms. The van der Waals surface area contributed by atoms with Gasteiger partial charge in [-0.05, 0) is 30.7 Å². The van der Waals surface area contributed by atoms with Crippen molar-refractivity contribution in [3.05, 3.63) is 60.4 Å². The topological polar surface area (TPSA) is 63.7 Å². The van der Waals surface area contributed by atoms with E-state index in [1.165, 1.54) is 0 Å². The van der Waals surface area contributed by atoms with Gasteiger partial charge in [-0.15, -0.1) is 0 Å². The maximum Gasteiger partial charge on any atom is 0.251 e. The third-order valence-corrected chi connectivity index (χ3v) is 4.62. The smallest absolute Gasteiger partial charge is 0.251 e. The van der Waals surface area contributed by atoms with Gasteiger partial charge < -0.3 is 14.8 Å². The van der Waals surface area contributed by atoms with E-state index in [2.05, 4.69) is 15.2 Å². The minimum atomic E-state index is -0.0490. The van der Waals surface area contributed by atoms with Crippen molar-refractivity contribution in [1.29, 1.82) is 0 Å². The molecule has 0 saturated carbocycles. The van der Waals surface area contributed by atoms with E-state index in [0.29, 0.717) is 12.2 Å². The first kappa shape index (κ1) is 18.4. The predicted octanol–water partition coefficient (Wildman–Crippen LogP) is 1.98. The molecule has 6 nitrogen and oxygen atoms in total. The first-order valence-corrected chi connectivity index (χ1v) is 8.90. The standard InChI is InChI=1S/C20H25N3O3/c1-25-19-15-23(13-14-26-17-7-10-21-11-8-17)12-9-18(19)22-20(24)16-5-3-2-4-6-16/h2-8,10-11,18-19H,9,12-15H2,1H3,(H,22,24). The van der Waals surface area contributed by atoms with Gasteiger partial charge in [-0.25, -0.2) is 0 Å². The lowest BCUT2D eigenvalue weighted by atomic mass is 10.0. The third kappa shape index (κ3) is 5.03. The van der Waals surface area contributed by atoms with Gasteiger partial charge in [0.05, 0.1) is 12.1 Å². The van der Waals surface area contributed by atoms with Gasteiger partial charge >= 0.3 is 0 Å². The van der Waals surface area contributed by atoms with Crippen LogP contribution in [0.4, 0.5) is 0 Å². The molecule has 2 heterocycles. The first-order valence-electron chi connectivity index (χ1n) is 8.90. The van der Waals surface area contributed by atoms with Crippen molar-refractivity contribution in [2.45, 2.75) is 18.6 Å². The van der Waals surface area contributed by atoms with Crippen LogP contribution in [-0.4, -0.2) is 61.3 Å². The molecular formula is C20H25N3O3. The number of amides is 1. The second-order valence-electron chi connectivity index (χ2n) is 6.34. The van der Waals surface area contributed by atoms with Crippen molar-refractivity contribution < 1.29 is 14.3 Å². The van der Waals surface area contributed by atoms with E-state index in [0.717, 1.165) is 31.8 Å². The summed E-state index contributed by atoms with van der Waals surface area (Å²) < 4.78 is 11.4. The van der Waals surface area contributed by atoms with Crippen LogP contribution in [0.1, 0.15) is 16.8 Å². The van der Waals surface area contributed by atoms with Gasteiger partial charge in [0.25, 0.3) is 5.91 Å². The van der Waals surface area contributed by atoms with E-state index in [-0.39, 0.29) is 18.1 Å². The van der Waals surface area contributed by atoms with Gasteiger partial charge in [0.2, 0.25) is 0 Å². The molecule has 2 atom stereocenters. The molecule has 0 aliphatic carbocycles. The number of aromatic nitrogens is 1. The van der Waals surface area contributed by atoms with Crippen LogP contribution in [0.3, 0.4) is 0 Å². The van der Waals surface area contributed by atoms with E-state index in [4.69, 9.17) is 9.47 Å². The Balaban J connectivity index is 1.46. The number of hydrogen-bond donors (Lipinski definition) is 1. The van der Waals surface area contributed by atoms with Crippen molar-refractivity contribution in [1.82, 2.24) is 15.2 Å². The zero-order valence-electron chi connectivity index (χ0n) is 15.0. The Morgan fingerprint density at radius 1 is 1.23 bits per heavy atom. The Hall–Kier alpha value is -2.44. The quantitative estimate of drug-likeness (QED) is 0.823. The average Bonchev–Trinajstić information content (AvgIpc) is 2.70. The molecule has 1 aliphatic heterocycles. The SMILES string of the molecule is COC1CN(CCOc2ccncc2)CCC1NC(=O)c1ccccc1. The second kappa shape index (κ2) is 9.31. The summed E-state index contributed by atoms with van der Waals surface area (Å²) in [5, 5.41) is 3.11. The molecule has 1 aromatic carbocycles. The van der Waals surface area contributed by atoms with Crippen molar-refractivity contribution in [2.24, 2.45) is 0 Å². The van der Waals surface area contributed by atoms with Gasteiger partial charge in [-0.2, -0.15) is 0 Å². The van der Waals surface area contributed by atoms with Crippen LogP contribution >= 0.6 is 0 Å². The lowest BCUT2D eigenvalue weighted by Gasteiger charge is -2.38. The van der Waals surface area contributed by atoms with Crippen LogP contribution < -0.4 is 10.1 Å². The Bertz CT molecular complexity index is 681. The number of rotatable bonds is 7. The lowest BCUT2D eigenvalue weighted by molar-refractivity contribution is 0.00325. The van der Waals surface area contributed by atoms with Crippen molar-refractivity contribution in [3.63, 3.8) is 0 Å². The summed E-state index contributed by atoms with van der Waals surface area (Å²) in [5.41, 5.74) is 0.676. The number of hydrogen-bond acceptors (Lipinski definition) is 5. The van der Waals surface area contributed by atoms with Crippen LogP contribution in [0.25, 0.3) is 0 Å². The molecule has 1 aliphatic rings. The normalized spacial score (nSPS) is 20.5. The molecule has 3 rings (SSSR count). The summed E-state index contributed by atoms with van der Waals surface area (Å²) in [7, 11) is 1.70. The molecule has 0 radical (unpaired) electrons. The zero-order chi connectivity index (χ0) is 18.2. The summed E-state index contributed by atoms with van der Waals surface area (Å²) >= 11 is 0. The molecule has 6 heteroatoms. The highest BCUT2D eigenvalue weighted by molar-refractivity contribution is 5.94. The number of benzene rings is 1. The highest BCUT2D eigenvalue weighted by atomic mass is 16.5. The van der Waals surface area contributed by atoms with Gasteiger partial charge in [-0.1, -0.05) is 18.2 Å². The van der Waals surface area contributed by atoms with Crippen molar-refractivity contribution in [2.75, 3.05) is 33.4 Å². The summed E-state index contributed by atoms with van der Waals surface area (Å²) in [5.74, 6) is 0.778. The van der Waals surface area contributed by atoms with E-state index >= 15 is 0 Å². The third-order valence-electron chi connectivity index (χ3n) is 4.62. The van der Waals surface area contributed by atoms with Crippen molar-refractivity contribution >= 4 is 5.91 Å². The molecule has 0 spiro atoms. The first-order chi connectivity index (χ1) is 12.8. The maximum atomic E-state index is 12.4. The van der Waals surface area contributed by atoms with E-state index in [9.17, 15) is 4.79 Å². The average molecular weight is 355 g/mol. The van der Waals surface area contributed by atoms with Gasteiger partial charge in [0.1, 0.15) is 12.4 Å². The molecule has 2 unspecified atom stereocenters. The Morgan fingerprint density at radius 3 is 2.73 bits per heavy atom. The number of nitrogens with one attached hydrogen (secondary N) is 1. The van der Waals surface area contributed by atoms with Crippen LogP contribution in [-0.2, 0) is 4.74 Å². The minimum absolute atomic E-state index is 0.0186. The molecule has 1 saturated heterocycles. The number of ether oxygens (including phenoxy) is 2. The molecule has 0 bridgehead atoms. The fourth-order valence-corrected chi connectivity index (χ4v) is 3.16. The maximum absolute atomic E-state index is 12.4. The Kier molecular flexibility index (Phi) is 6.57. The number of carbonyl (C=O) groups is 1. The molecule has 1 amide bonds.